The highest BCUT2D eigenvalue weighted by atomic mass is 16.2. The van der Waals surface area contributed by atoms with Crippen LogP contribution in [0.3, 0.4) is 0 Å². The van der Waals surface area contributed by atoms with Crippen LogP contribution in [-0.4, -0.2) is 33.9 Å². The van der Waals surface area contributed by atoms with E-state index in [0.29, 0.717) is 24.4 Å². The average molecular weight is 488 g/mol. The zero-order chi connectivity index (χ0) is 25.8. The van der Waals surface area contributed by atoms with Crippen LogP contribution in [0.1, 0.15) is 87.3 Å². The molecule has 0 radical (unpaired) electrons. The Labute approximate surface area is 215 Å². The second-order valence-corrected chi connectivity index (χ2v) is 10.7. The molecule has 0 spiro atoms. The van der Waals surface area contributed by atoms with Crippen LogP contribution in [0.4, 0.5) is 0 Å². The smallest absolute Gasteiger partial charge is 0.255 e. The van der Waals surface area contributed by atoms with Crippen LogP contribution in [0.25, 0.3) is 10.9 Å². The van der Waals surface area contributed by atoms with Crippen LogP contribution < -0.4 is 5.32 Å². The molecule has 3 unspecified atom stereocenters. The van der Waals surface area contributed by atoms with Crippen molar-refractivity contribution in [3.8, 4) is 0 Å². The number of carbonyl (C=O) groups excluding carboxylic acids is 2. The maximum atomic E-state index is 13.9. The van der Waals surface area contributed by atoms with E-state index >= 15 is 0 Å². The summed E-state index contributed by atoms with van der Waals surface area (Å²) in [6, 6.07) is 15.3. The highest BCUT2D eigenvalue weighted by Crippen LogP contribution is 2.43. The summed E-state index contributed by atoms with van der Waals surface area (Å²) in [5.74, 6) is 0.647. The lowest BCUT2D eigenvalue weighted by atomic mass is 9.94. The summed E-state index contributed by atoms with van der Waals surface area (Å²) in [7, 11) is 2.04. The fraction of sp³-hybridized carbons (Fsp3) is 0.484. The molecule has 0 saturated heterocycles. The zero-order valence-corrected chi connectivity index (χ0v) is 22.5. The van der Waals surface area contributed by atoms with E-state index in [1.165, 1.54) is 6.42 Å². The van der Waals surface area contributed by atoms with E-state index in [1.807, 2.05) is 48.3 Å². The van der Waals surface area contributed by atoms with Crippen LogP contribution in [0.5, 0.6) is 0 Å². The van der Waals surface area contributed by atoms with Crippen LogP contribution in [0, 0.1) is 11.8 Å². The molecule has 192 valence electrons. The van der Waals surface area contributed by atoms with Gasteiger partial charge in [0, 0.05) is 41.8 Å². The molecule has 1 aliphatic heterocycles. The molecule has 3 aromatic rings. The zero-order valence-electron chi connectivity index (χ0n) is 22.5. The quantitative estimate of drug-likeness (QED) is 0.337. The van der Waals surface area contributed by atoms with Gasteiger partial charge in [-0.15, -0.1) is 0 Å². The largest absolute Gasteiger partial charge is 0.354 e. The van der Waals surface area contributed by atoms with E-state index in [0.717, 1.165) is 41.3 Å². The first-order valence-corrected chi connectivity index (χ1v) is 13.6. The van der Waals surface area contributed by atoms with Gasteiger partial charge in [-0.1, -0.05) is 83.4 Å². The van der Waals surface area contributed by atoms with Crippen molar-refractivity contribution < 1.29 is 9.59 Å². The van der Waals surface area contributed by atoms with E-state index in [9.17, 15) is 9.59 Å². The maximum absolute atomic E-state index is 13.9. The monoisotopic (exact) mass is 487 g/mol. The lowest BCUT2D eigenvalue weighted by molar-refractivity contribution is -0.126. The molecule has 2 amide bonds. The molecule has 5 nitrogen and oxygen atoms in total. The van der Waals surface area contributed by atoms with E-state index < -0.39 is 6.04 Å². The molecular formula is C31H41N3O2. The minimum atomic E-state index is -0.530. The van der Waals surface area contributed by atoms with Gasteiger partial charge in [0.1, 0.15) is 6.04 Å². The molecule has 1 aliphatic rings. The summed E-state index contributed by atoms with van der Waals surface area (Å²) < 4.78 is 2.12. The SMILES string of the molecule is CCCCC(CC)CNC(=O)C(CC(C)C)N1C(=O)c2ccccc2C1c1cn(C)c2ccccc12. The Hall–Kier alpha value is -3.08. The molecule has 2 heterocycles. The number of nitrogens with one attached hydrogen (secondary N) is 1. The van der Waals surface area contributed by atoms with Crippen LogP contribution >= 0.6 is 0 Å². The number of fused-ring (bicyclic) bond motifs is 2. The third kappa shape index (κ3) is 5.07. The summed E-state index contributed by atoms with van der Waals surface area (Å²) in [6.45, 7) is 9.30. The number of unbranched alkanes of at least 4 members (excludes halogenated alkanes) is 1. The molecule has 0 aliphatic carbocycles. The molecular weight excluding hydrogens is 446 g/mol. The number of amides is 2. The van der Waals surface area contributed by atoms with Gasteiger partial charge < -0.3 is 14.8 Å². The van der Waals surface area contributed by atoms with Gasteiger partial charge in [0.25, 0.3) is 5.91 Å². The van der Waals surface area contributed by atoms with Gasteiger partial charge in [-0.2, -0.15) is 0 Å². The molecule has 4 rings (SSSR count). The summed E-state index contributed by atoms with van der Waals surface area (Å²) in [5.41, 5.74) is 3.87. The number of benzene rings is 2. The molecule has 0 fully saturated rings. The van der Waals surface area contributed by atoms with Gasteiger partial charge in [-0.05, 0) is 42.4 Å². The first-order chi connectivity index (χ1) is 17.4. The minimum Gasteiger partial charge on any atom is -0.354 e. The maximum Gasteiger partial charge on any atom is 0.255 e. The fourth-order valence-electron chi connectivity index (χ4n) is 5.67. The highest BCUT2D eigenvalue weighted by Gasteiger charge is 2.44. The minimum absolute atomic E-state index is 0.0370. The average Bonchev–Trinajstić information content (AvgIpc) is 3.36. The predicted octanol–water partition coefficient (Wildman–Crippen LogP) is 6.47. The van der Waals surface area contributed by atoms with Gasteiger partial charge in [-0.25, -0.2) is 0 Å². The summed E-state index contributed by atoms with van der Waals surface area (Å²) in [6.07, 6.45) is 7.25. The number of rotatable bonds is 11. The summed E-state index contributed by atoms with van der Waals surface area (Å²) >= 11 is 0. The van der Waals surface area contributed by atoms with Crippen LogP contribution in [0.15, 0.2) is 54.7 Å². The number of hydrogen-bond acceptors (Lipinski definition) is 2. The Morgan fingerprint density at radius 2 is 1.75 bits per heavy atom. The van der Waals surface area contributed by atoms with Crippen molar-refractivity contribution in [2.24, 2.45) is 18.9 Å². The second kappa shape index (κ2) is 11.3. The number of hydrogen-bond donors (Lipinski definition) is 1. The van der Waals surface area contributed by atoms with Crippen LogP contribution in [-0.2, 0) is 11.8 Å². The Bertz CT molecular complexity index is 1210. The number of aromatic nitrogens is 1. The standard InChI is InChI=1S/C31H41N3O2/c1-6-8-13-22(7-2)19-32-30(35)28(18-21(3)4)34-29(24-15-9-10-16-25(24)31(34)36)26-20-33(5)27-17-12-11-14-23(26)27/h9-12,14-17,20-22,28-29H,6-8,13,18-19H2,1-5H3,(H,32,35). The van der Waals surface area contributed by atoms with Gasteiger partial charge in [0.15, 0.2) is 0 Å². The van der Waals surface area contributed by atoms with Crippen molar-refractivity contribution in [2.75, 3.05) is 6.54 Å². The Morgan fingerprint density at radius 1 is 1.03 bits per heavy atom. The van der Waals surface area contributed by atoms with E-state index in [1.54, 1.807) is 0 Å². The number of aryl methyl sites for hydroxylation is 1. The molecule has 1 N–H and O–H groups in total. The van der Waals surface area contributed by atoms with Crippen molar-refractivity contribution in [1.82, 2.24) is 14.8 Å². The normalized spacial score (nSPS) is 17.0. The van der Waals surface area contributed by atoms with Crippen molar-refractivity contribution in [3.05, 3.63) is 71.4 Å². The van der Waals surface area contributed by atoms with Gasteiger partial charge in [-0.3, -0.25) is 9.59 Å². The molecule has 1 aromatic heterocycles. The third-order valence-electron chi connectivity index (χ3n) is 7.66. The molecule has 0 bridgehead atoms. The number of para-hydroxylation sites is 1. The summed E-state index contributed by atoms with van der Waals surface area (Å²) in [4.78, 5) is 29.6. The lowest BCUT2D eigenvalue weighted by Crippen LogP contribution is -2.50. The van der Waals surface area contributed by atoms with Gasteiger partial charge >= 0.3 is 0 Å². The molecule has 5 heteroatoms. The first kappa shape index (κ1) is 26.0. The third-order valence-corrected chi connectivity index (χ3v) is 7.66. The van der Waals surface area contributed by atoms with Crippen molar-refractivity contribution in [2.45, 2.75) is 71.9 Å². The Balaban J connectivity index is 1.74. The number of nitrogens with zero attached hydrogens (tertiary/aromatic N) is 2. The highest BCUT2D eigenvalue weighted by molar-refractivity contribution is 6.03. The van der Waals surface area contributed by atoms with Crippen LogP contribution in [0.2, 0.25) is 0 Å². The molecule has 0 saturated carbocycles. The second-order valence-electron chi connectivity index (χ2n) is 10.7. The first-order valence-electron chi connectivity index (χ1n) is 13.6. The molecule has 36 heavy (non-hydrogen) atoms. The van der Waals surface area contributed by atoms with Crippen molar-refractivity contribution in [3.63, 3.8) is 0 Å². The lowest BCUT2D eigenvalue weighted by Gasteiger charge is -2.34. The number of carbonyl (C=O) groups is 2. The topological polar surface area (TPSA) is 54.3 Å². The Morgan fingerprint density at radius 3 is 2.47 bits per heavy atom. The predicted molar refractivity (Wildman–Crippen MR) is 147 cm³/mol. The fourth-order valence-corrected chi connectivity index (χ4v) is 5.67. The van der Waals surface area contributed by atoms with Crippen molar-refractivity contribution in [1.29, 1.82) is 0 Å². The van der Waals surface area contributed by atoms with E-state index in [4.69, 9.17) is 0 Å². The van der Waals surface area contributed by atoms with Gasteiger partial charge in [0.2, 0.25) is 5.91 Å². The van der Waals surface area contributed by atoms with Crippen molar-refractivity contribution >= 4 is 22.7 Å². The Kier molecular flexibility index (Phi) is 8.17. The van der Waals surface area contributed by atoms with Gasteiger partial charge in [0.05, 0.1) is 6.04 Å². The molecule has 3 atom stereocenters. The van der Waals surface area contributed by atoms with E-state index in [2.05, 4.69) is 55.9 Å². The molecule has 2 aromatic carbocycles. The van der Waals surface area contributed by atoms with E-state index in [-0.39, 0.29) is 23.8 Å². The summed E-state index contributed by atoms with van der Waals surface area (Å²) in [5, 5.41) is 4.37.